The number of carbonyl (C=O) groups is 1. The van der Waals surface area contributed by atoms with Crippen LogP contribution in [0.1, 0.15) is 26.3 Å². The quantitative estimate of drug-likeness (QED) is 0.579. The number of ether oxygens (including phenoxy) is 1. The second-order valence-electron chi connectivity index (χ2n) is 4.49. The zero-order valence-electron chi connectivity index (χ0n) is 9.93. The van der Waals surface area contributed by atoms with Crippen molar-refractivity contribution < 1.29 is 9.53 Å². The Morgan fingerprint density at radius 3 is 2.50 bits per heavy atom. The van der Waals surface area contributed by atoms with Crippen molar-refractivity contribution in [2.45, 2.75) is 32.9 Å². The van der Waals surface area contributed by atoms with E-state index in [1.54, 1.807) is 0 Å². The van der Waals surface area contributed by atoms with Crippen LogP contribution in [0.2, 0.25) is 0 Å². The van der Waals surface area contributed by atoms with Crippen LogP contribution in [0, 0.1) is 0 Å². The molecular weight excluding hydrogens is 202 g/mol. The van der Waals surface area contributed by atoms with E-state index in [9.17, 15) is 4.79 Å². The Hall–Kier alpha value is -1.64. The van der Waals surface area contributed by atoms with Crippen molar-refractivity contribution in [3.63, 3.8) is 0 Å². The molecule has 1 rings (SSSR count). The maximum atomic E-state index is 11.3. The summed E-state index contributed by atoms with van der Waals surface area (Å²) in [6.07, 6.45) is 1.23. The Kier molecular flexibility index (Phi) is 4.23. The summed E-state index contributed by atoms with van der Waals surface area (Å²) in [4.78, 5) is 15.3. The predicted octanol–water partition coefficient (Wildman–Crippen LogP) is 2.60. The Bertz CT molecular complexity index is 363. The molecule has 16 heavy (non-hydrogen) atoms. The normalized spacial score (nSPS) is 11.7. The van der Waals surface area contributed by atoms with Gasteiger partial charge in [-0.3, -0.25) is 4.99 Å². The van der Waals surface area contributed by atoms with E-state index in [1.807, 2.05) is 51.1 Å². The van der Waals surface area contributed by atoms with Crippen molar-refractivity contribution in [2.75, 3.05) is 0 Å². The fraction of sp³-hybridized carbons (Fsp3) is 0.385. The second-order valence-corrected chi connectivity index (χ2v) is 4.49. The minimum absolute atomic E-state index is 0.400. The number of nitrogens with zero attached hydrogens (tertiary/aromatic N) is 1. The fourth-order valence-electron chi connectivity index (χ4n) is 1.14. The largest absolute Gasteiger partial charge is 0.456 e. The molecule has 0 saturated carbocycles. The van der Waals surface area contributed by atoms with Crippen LogP contribution < -0.4 is 0 Å². The molecule has 0 aromatic heterocycles. The lowest BCUT2D eigenvalue weighted by Gasteiger charge is -2.17. The van der Waals surface area contributed by atoms with Gasteiger partial charge in [-0.25, -0.2) is 4.79 Å². The highest BCUT2D eigenvalue weighted by molar-refractivity contribution is 6.23. The Morgan fingerprint density at radius 2 is 1.94 bits per heavy atom. The third-order valence-electron chi connectivity index (χ3n) is 1.72. The molecule has 3 heteroatoms. The monoisotopic (exact) mass is 219 g/mol. The number of carbonyl (C=O) groups excluding carboxylic acids is 1. The molecule has 0 aliphatic carbocycles. The van der Waals surface area contributed by atoms with E-state index in [0.29, 0.717) is 6.54 Å². The molecule has 0 aliphatic rings. The Balaban J connectivity index is 2.41. The summed E-state index contributed by atoms with van der Waals surface area (Å²) < 4.78 is 5.09. The van der Waals surface area contributed by atoms with E-state index in [4.69, 9.17) is 4.74 Å². The summed E-state index contributed by atoms with van der Waals surface area (Å²) in [7, 11) is 0. The molecule has 0 amide bonds. The van der Waals surface area contributed by atoms with Crippen LogP contribution in [0.4, 0.5) is 0 Å². The van der Waals surface area contributed by atoms with E-state index < -0.39 is 11.6 Å². The third-order valence-corrected chi connectivity index (χ3v) is 1.72. The maximum Gasteiger partial charge on any atom is 0.349 e. The van der Waals surface area contributed by atoms with Crippen molar-refractivity contribution in [3.8, 4) is 0 Å². The van der Waals surface area contributed by atoms with Gasteiger partial charge in [-0.15, -0.1) is 0 Å². The summed E-state index contributed by atoms with van der Waals surface area (Å²) >= 11 is 0. The molecule has 1 aromatic carbocycles. The molecule has 0 N–H and O–H groups in total. The van der Waals surface area contributed by atoms with Crippen molar-refractivity contribution >= 4 is 12.2 Å². The lowest BCUT2D eigenvalue weighted by atomic mass is 10.2. The average molecular weight is 219 g/mol. The zero-order chi connectivity index (χ0) is 12.0. The van der Waals surface area contributed by atoms with Gasteiger partial charge in [-0.2, -0.15) is 0 Å². The van der Waals surface area contributed by atoms with Gasteiger partial charge >= 0.3 is 5.97 Å². The molecular formula is C13H17NO2. The maximum absolute atomic E-state index is 11.3. The molecule has 0 radical (unpaired) electrons. The molecule has 0 aliphatic heterocycles. The number of rotatable bonds is 3. The Labute approximate surface area is 96.2 Å². The van der Waals surface area contributed by atoms with Gasteiger partial charge in [0.2, 0.25) is 0 Å². The highest BCUT2D eigenvalue weighted by Gasteiger charge is 2.14. The van der Waals surface area contributed by atoms with E-state index in [0.717, 1.165) is 5.56 Å². The molecule has 86 valence electrons. The second kappa shape index (κ2) is 5.45. The topological polar surface area (TPSA) is 38.7 Å². The first-order valence-corrected chi connectivity index (χ1v) is 5.24. The SMILES string of the molecule is CC(C)(C)OC(=O)C=NCc1ccccc1. The highest BCUT2D eigenvalue weighted by atomic mass is 16.6. The standard InChI is InChI=1S/C13H17NO2/c1-13(2,3)16-12(15)10-14-9-11-7-5-4-6-8-11/h4-8,10H,9H2,1-3H3. The minimum atomic E-state index is -0.462. The molecule has 0 saturated heterocycles. The summed E-state index contributed by atoms with van der Waals surface area (Å²) in [6.45, 7) is 5.99. The van der Waals surface area contributed by atoms with Crippen molar-refractivity contribution in [1.29, 1.82) is 0 Å². The van der Waals surface area contributed by atoms with Crippen LogP contribution in [0.3, 0.4) is 0 Å². The zero-order valence-corrected chi connectivity index (χ0v) is 9.93. The molecule has 3 nitrogen and oxygen atoms in total. The molecule has 0 fully saturated rings. The Morgan fingerprint density at radius 1 is 1.31 bits per heavy atom. The highest BCUT2D eigenvalue weighted by Crippen LogP contribution is 2.06. The van der Waals surface area contributed by atoms with E-state index in [-0.39, 0.29) is 0 Å². The molecule has 0 unspecified atom stereocenters. The molecule has 1 aromatic rings. The van der Waals surface area contributed by atoms with Gasteiger partial charge in [-0.1, -0.05) is 30.3 Å². The molecule has 0 heterocycles. The van der Waals surface area contributed by atoms with E-state index >= 15 is 0 Å². The number of benzene rings is 1. The van der Waals surface area contributed by atoms with E-state index in [2.05, 4.69) is 4.99 Å². The van der Waals surface area contributed by atoms with Crippen molar-refractivity contribution in [1.82, 2.24) is 0 Å². The smallest absolute Gasteiger partial charge is 0.349 e. The van der Waals surface area contributed by atoms with E-state index in [1.165, 1.54) is 6.21 Å². The minimum Gasteiger partial charge on any atom is -0.456 e. The van der Waals surface area contributed by atoms with Crippen molar-refractivity contribution in [3.05, 3.63) is 35.9 Å². The summed E-state index contributed by atoms with van der Waals surface area (Å²) in [6, 6.07) is 9.76. The van der Waals surface area contributed by atoms with Gasteiger partial charge in [0.05, 0.1) is 6.54 Å². The number of hydrogen-bond acceptors (Lipinski definition) is 3. The van der Waals surface area contributed by atoms with Crippen LogP contribution in [-0.2, 0) is 16.1 Å². The van der Waals surface area contributed by atoms with Crippen LogP contribution in [-0.4, -0.2) is 17.8 Å². The van der Waals surface area contributed by atoms with Crippen molar-refractivity contribution in [2.24, 2.45) is 4.99 Å². The van der Waals surface area contributed by atoms with Gasteiger partial charge in [0.15, 0.2) is 0 Å². The van der Waals surface area contributed by atoms with Crippen LogP contribution in [0.15, 0.2) is 35.3 Å². The van der Waals surface area contributed by atoms with Gasteiger partial charge in [0.1, 0.15) is 11.8 Å². The predicted molar refractivity (Wildman–Crippen MR) is 64.5 cm³/mol. The van der Waals surface area contributed by atoms with Gasteiger partial charge in [0, 0.05) is 0 Å². The molecule has 0 atom stereocenters. The first-order valence-electron chi connectivity index (χ1n) is 5.24. The van der Waals surface area contributed by atoms with Gasteiger partial charge in [0.25, 0.3) is 0 Å². The number of hydrogen-bond donors (Lipinski definition) is 0. The lowest BCUT2D eigenvalue weighted by molar-refractivity contribution is -0.145. The molecule has 0 bridgehead atoms. The van der Waals surface area contributed by atoms with Crippen LogP contribution in [0.5, 0.6) is 0 Å². The van der Waals surface area contributed by atoms with Crippen LogP contribution in [0.25, 0.3) is 0 Å². The summed E-state index contributed by atoms with van der Waals surface area (Å²) in [5.41, 5.74) is 0.609. The van der Waals surface area contributed by atoms with Gasteiger partial charge in [-0.05, 0) is 26.3 Å². The van der Waals surface area contributed by atoms with Gasteiger partial charge < -0.3 is 4.74 Å². The number of esters is 1. The van der Waals surface area contributed by atoms with Crippen LogP contribution >= 0.6 is 0 Å². The first-order chi connectivity index (χ1) is 7.47. The first kappa shape index (κ1) is 12.4. The summed E-state index contributed by atoms with van der Waals surface area (Å²) in [5.74, 6) is -0.400. The third kappa shape index (κ3) is 5.29. The molecule has 0 spiro atoms. The fourth-order valence-corrected chi connectivity index (χ4v) is 1.14. The average Bonchev–Trinajstić information content (AvgIpc) is 2.16. The lowest BCUT2D eigenvalue weighted by Crippen LogP contribution is -2.24. The number of aliphatic imine (C=N–C) groups is 1. The summed E-state index contributed by atoms with van der Waals surface area (Å²) in [5, 5.41) is 0.